The Hall–Kier alpha value is -1.75. The lowest BCUT2D eigenvalue weighted by Crippen LogP contribution is -2.45. The Labute approximate surface area is 208 Å². The third kappa shape index (κ3) is 6.23. The van der Waals surface area contributed by atoms with Crippen molar-refractivity contribution in [3.63, 3.8) is 0 Å². The molecule has 0 spiro atoms. The average Bonchev–Trinajstić information content (AvgIpc) is 2.79. The van der Waals surface area contributed by atoms with Crippen LogP contribution in [-0.2, 0) is 0 Å². The highest BCUT2D eigenvalue weighted by Crippen LogP contribution is 2.34. The van der Waals surface area contributed by atoms with Gasteiger partial charge in [-0.25, -0.2) is 0 Å². The maximum atomic E-state index is 12.8. The number of carbonyl (C=O) groups is 1. The lowest BCUT2D eigenvalue weighted by Gasteiger charge is -2.41. The summed E-state index contributed by atoms with van der Waals surface area (Å²) in [5.41, 5.74) is 2.32. The molecule has 2 fully saturated rings. The smallest absolute Gasteiger partial charge is 0.255 e. The van der Waals surface area contributed by atoms with Crippen molar-refractivity contribution in [1.82, 2.24) is 4.90 Å². The van der Waals surface area contributed by atoms with Crippen molar-refractivity contribution in [2.45, 2.75) is 64.5 Å². The van der Waals surface area contributed by atoms with Crippen molar-refractivity contribution in [1.29, 1.82) is 0 Å². The van der Waals surface area contributed by atoms with E-state index in [1.165, 1.54) is 45.1 Å². The molecule has 2 saturated heterocycles. The third-order valence-electron chi connectivity index (χ3n) is 7.42. The summed E-state index contributed by atoms with van der Waals surface area (Å²) in [5.74, 6) is 0.583. The van der Waals surface area contributed by atoms with Crippen LogP contribution in [0.1, 0.15) is 62.7 Å². The van der Waals surface area contributed by atoms with Crippen molar-refractivity contribution in [3.05, 3.63) is 58.1 Å². The quantitative estimate of drug-likeness (QED) is 0.471. The van der Waals surface area contributed by atoms with E-state index < -0.39 is 0 Å². The number of benzene rings is 2. The van der Waals surface area contributed by atoms with Crippen LogP contribution in [0.3, 0.4) is 0 Å². The fraction of sp³-hybridized carbons (Fsp3) is 0.519. The molecule has 178 valence electrons. The Morgan fingerprint density at radius 3 is 2.36 bits per heavy atom. The summed E-state index contributed by atoms with van der Waals surface area (Å²) in [6, 6.07) is 14.2. The Morgan fingerprint density at radius 2 is 1.67 bits per heavy atom. The van der Waals surface area contributed by atoms with Crippen molar-refractivity contribution < 1.29 is 4.79 Å². The molecule has 0 saturated carbocycles. The molecule has 2 aliphatic heterocycles. The normalized spacial score (nSPS) is 22.4. The maximum Gasteiger partial charge on any atom is 0.255 e. The van der Waals surface area contributed by atoms with Crippen LogP contribution >= 0.6 is 23.2 Å². The molecule has 0 aliphatic carbocycles. The van der Waals surface area contributed by atoms with Gasteiger partial charge in [0.15, 0.2) is 0 Å². The third-order valence-corrected chi connectivity index (χ3v) is 7.89. The molecule has 2 heterocycles. The zero-order valence-electron chi connectivity index (χ0n) is 19.7. The minimum Gasteiger partial charge on any atom is -0.370 e. The van der Waals surface area contributed by atoms with E-state index in [1.54, 1.807) is 24.3 Å². The van der Waals surface area contributed by atoms with Crippen LogP contribution in [-0.4, -0.2) is 42.5 Å². The maximum absolute atomic E-state index is 12.8. The molecule has 4 nitrogen and oxygen atoms in total. The Balaban J connectivity index is 1.36. The number of anilines is 2. The number of rotatable bonds is 6. The standard InChI is InChI=1S/C27H35Cl2N3O/c1-19-5-3-6-20(2)32(19)16-13-21-11-14-31(15-12-21)26-10-9-24(29)18-25(26)30-27(33)22-7-4-8-23(28)17-22/h4,7-10,17-21H,3,5-6,11-16H2,1-2H3,(H,30,33). The number of nitrogens with one attached hydrogen (secondary N) is 1. The van der Waals surface area contributed by atoms with Gasteiger partial charge in [0.1, 0.15) is 0 Å². The Morgan fingerprint density at radius 1 is 0.970 bits per heavy atom. The first-order valence-electron chi connectivity index (χ1n) is 12.3. The fourth-order valence-electron chi connectivity index (χ4n) is 5.42. The van der Waals surface area contributed by atoms with Crippen molar-refractivity contribution >= 4 is 40.5 Å². The van der Waals surface area contributed by atoms with E-state index in [0.717, 1.165) is 30.4 Å². The van der Waals surface area contributed by atoms with Gasteiger partial charge < -0.3 is 10.2 Å². The largest absolute Gasteiger partial charge is 0.370 e. The van der Waals surface area contributed by atoms with Gasteiger partial charge in [0.2, 0.25) is 0 Å². The van der Waals surface area contributed by atoms with E-state index in [-0.39, 0.29) is 5.91 Å². The van der Waals surface area contributed by atoms with E-state index in [9.17, 15) is 4.79 Å². The first-order chi connectivity index (χ1) is 15.9. The van der Waals surface area contributed by atoms with E-state index in [2.05, 4.69) is 29.0 Å². The van der Waals surface area contributed by atoms with E-state index in [1.807, 2.05) is 18.2 Å². The molecule has 0 bridgehead atoms. The second-order valence-corrected chi connectivity index (χ2v) is 10.6. The summed E-state index contributed by atoms with van der Waals surface area (Å²) in [4.78, 5) is 17.9. The first kappa shape index (κ1) is 24.4. The molecule has 4 rings (SSSR count). The molecule has 1 amide bonds. The van der Waals surface area contributed by atoms with Crippen LogP contribution in [0.5, 0.6) is 0 Å². The van der Waals surface area contributed by atoms with Crippen LogP contribution in [0.15, 0.2) is 42.5 Å². The molecule has 0 aromatic heterocycles. The number of nitrogens with zero attached hydrogens (tertiary/aromatic N) is 2. The van der Waals surface area contributed by atoms with Crippen molar-refractivity contribution in [3.8, 4) is 0 Å². The molecule has 6 heteroatoms. The van der Waals surface area contributed by atoms with Crippen LogP contribution in [0.2, 0.25) is 10.0 Å². The lowest BCUT2D eigenvalue weighted by molar-refractivity contribution is 0.0939. The Kier molecular flexibility index (Phi) is 8.21. The monoisotopic (exact) mass is 487 g/mol. The summed E-state index contributed by atoms with van der Waals surface area (Å²) < 4.78 is 0. The summed E-state index contributed by atoms with van der Waals surface area (Å²) in [7, 11) is 0. The van der Waals surface area contributed by atoms with Crippen LogP contribution in [0.4, 0.5) is 11.4 Å². The molecule has 2 aliphatic rings. The molecule has 2 atom stereocenters. The van der Waals surface area contributed by atoms with Crippen LogP contribution in [0.25, 0.3) is 0 Å². The SMILES string of the molecule is CC1CCCC(C)N1CCC1CCN(c2ccc(Cl)cc2NC(=O)c2cccc(Cl)c2)CC1. The molecule has 2 unspecified atom stereocenters. The lowest BCUT2D eigenvalue weighted by atomic mass is 9.91. The number of halogens is 2. The van der Waals surface area contributed by atoms with Gasteiger partial charge in [-0.05, 0) is 94.8 Å². The molecule has 2 aromatic carbocycles. The first-order valence-corrected chi connectivity index (χ1v) is 13.0. The number of amides is 1. The average molecular weight is 489 g/mol. The van der Waals surface area contributed by atoms with Gasteiger partial charge in [-0.1, -0.05) is 35.7 Å². The predicted octanol–water partition coefficient (Wildman–Crippen LogP) is 7.12. The minimum atomic E-state index is -0.180. The van der Waals surface area contributed by atoms with Gasteiger partial charge >= 0.3 is 0 Å². The van der Waals surface area contributed by atoms with Crippen molar-refractivity contribution in [2.75, 3.05) is 29.9 Å². The predicted molar refractivity (Wildman–Crippen MR) is 140 cm³/mol. The van der Waals surface area contributed by atoms with Crippen LogP contribution in [0, 0.1) is 5.92 Å². The number of hydrogen-bond acceptors (Lipinski definition) is 3. The second-order valence-electron chi connectivity index (χ2n) is 9.71. The fourth-order valence-corrected chi connectivity index (χ4v) is 5.78. The topological polar surface area (TPSA) is 35.6 Å². The number of piperidine rings is 2. The highest BCUT2D eigenvalue weighted by molar-refractivity contribution is 6.31. The van der Waals surface area contributed by atoms with Gasteiger partial charge in [-0.3, -0.25) is 9.69 Å². The number of hydrogen-bond donors (Lipinski definition) is 1. The summed E-state index contributed by atoms with van der Waals surface area (Å²) >= 11 is 12.3. The molecule has 33 heavy (non-hydrogen) atoms. The highest BCUT2D eigenvalue weighted by atomic mass is 35.5. The minimum absolute atomic E-state index is 0.180. The number of carbonyl (C=O) groups excluding carboxylic acids is 1. The van der Waals surface area contributed by atoms with Gasteiger partial charge in [0.05, 0.1) is 11.4 Å². The molecule has 0 radical (unpaired) electrons. The highest BCUT2D eigenvalue weighted by Gasteiger charge is 2.27. The van der Waals surface area contributed by atoms with Crippen molar-refractivity contribution in [2.24, 2.45) is 5.92 Å². The van der Waals surface area contributed by atoms with Gasteiger partial charge in [0.25, 0.3) is 5.91 Å². The zero-order valence-corrected chi connectivity index (χ0v) is 21.2. The summed E-state index contributed by atoms with van der Waals surface area (Å²) in [5, 5.41) is 4.21. The van der Waals surface area contributed by atoms with E-state index in [4.69, 9.17) is 23.2 Å². The second kappa shape index (κ2) is 11.1. The summed E-state index contributed by atoms with van der Waals surface area (Å²) in [6.45, 7) is 7.99. The van der Waals surface area contributed by atoms with E-state index in [0.29, 0.717) is 27.7 Å². The molecule has 2 aromatic rings. The zero-order chi connectivity index (χ0) is 23.4. The van der Waals surface area contributed by atoms with E-state index >= 15 is 0 Å². The number of likely N-dealkylation sites (tertiary alicyclic amines) is 1. The van der Waals surface area contributed by atoms with Crippen LogP contribution < -0.4 is 10.2 Å². The molecular weight excluding hydrogens is 453 g/mol. The summed E-state index contributed by atoms with van der Waals surface area (Å²) in [6.07, 6.45) is 7.68. The van der Waals surface area contributed by atoms with Gasteiger partial charge in [0, 0.05) is 40.8 Å². The molecular formula is C27H35Cl2N3O. The van der Waals surface area contributed by atoms with Gasteiger partial charge in [-0.2, -0.15) is 0 Å². The Bertz CT molecular complexity index is 948. The molecule has 1 N–H and O–H groups in total. The van der Waals surface area contributed by atoms with Gasteiger partial charge in [-0.15, -0.1) is 0 Å².